The fourth-order valence-electron chi connectivity index (χ4n) is 11.6. The average molecular weight is 713 g/mol. The van der Waals surface area contributed by atoms with E-state index < -0.39 is 11.9 Å². The molecule has 0 aliphatic heterocycles. The van der Waals surface area contributed by atoms with Gasteiger partial charge in [-0.1, -0.05) is 66.0 Å². The zero-order valence-electron chi connectivity index (χ0n) is 32.4. The largest absolute Gasteiger partial charge is 0.490 e. The van der Waals surface area contributed by atoms with Crippen molar-refractivity contribution in [1.29, 1.82) is 0 Å². The van der Waals surface area contributed by atoms with Crippen LogP contribution in [0.2, 0.25) is 0 Å². The number of hydrogen-bond acceptors (Lipinski definition) is 7. The van der Waals surface area contributed by atoms with Crippen molar-refractivity contribution in [2.24, 2.45) is 52.3 Å². The Kier molecular flexibility index (Phi) is 12.0. The molecule has 6 rings (SSSR count). The smallest absolute Gasteiger partial charge is 0.338 e. The first kappa shape index (κ1) is 38.3. The fraction of sp³-hybridized carbons (Fsp3) is 0.644. The molecule has 7 nitrogen and oxygen atoms in total. The minimum absolute atomic E-state index is 0.0549. The lowest BCUT2D eigenvalue weighted by Gasteiger charge is -2.61. The van der Waals surface area contributed by atoms with Crippen LogP contribution in [0.5, 0.6) is 5.75 Å². The van der Waals surface area contributed by atoms with Gasteiger partial charge >= 0.3 is 11.9 Å². The first-order valence-corrected chi connectivity index (χ1v) is 20.3. The van der Waals surface area contributed by atoms with Gasteiger partial charge in [-0.3, -0.25) is 0 Å². The average Bonchev–Trinajstić information content (AvgIpc) is 3.46. The molecule has 0 spiro atoms. The summed E-state index contributed by atoms with van der Waals surface area (Å²) in [5, 5.41) is 0. The molecule has 0 amide bonds. The number of carbonyl (C=O) groups excluding carboxylic acids is 2. The van der Waals surface area contributed by atoms with Gasteiger partial charge in [0.25, 0.3) is 0 Å². The molecule has 5 unspecified atom stereocenters. The molecule has 4 saturated carbocycles. The van der Waals surface area contributed by atoms with Crippen LogP contribution in [0.25, 0.3) is 6.08 Å². The van der Waals surface area contributed by atoms with Crippen LogP contribution in [0.1, 0.15) is 128 Å². The van der Waals surface area contributed by atoms with Crippen molar-refractivity contribution in [1.82, 2.24) is 0 Å². The molecule has 0 heterocycles. The fourth-order valence-corrected chi connectivity index (χ4v) is 11.6. The van der Waals surface area contributed by atoms with Crippen LogP contribution in [0.3, 0.4) is 0 Å². The van der Waals surface area contributed by atoms with E-state index in [9.17, 15) is 9.59 Å². The second-order valence-corrected chi connectivity index (χ2v) is 17.8. The van der Waals surface area contributed by atoms with Gasteiger partial charge in [-0.2, -0.15) is 0 Å². The zero-order chi connectivity index (χ0) is 37.0. The van der Waals surface area contributed by atoms with Crippen LogP contribution in [-0.4, -0.2) is 31.3 Å². The van der Waals surface area contributed by atoms with Crippen LogP contribution in [0, 0.1) is 52.3 Å². The second-order valence-electron chi connectivity index (χ2n) is 17.8. The van der Waals surface area contributed by atoms with Gasteiger partial charge in [0.05, 0.1) is 11.7 Å². The molecule has 4 fully saturated rings. The summed E-state index contributed by atoms with van der Waals surface area (Å²) >= 11 is 0. The van der Waals surface area contributed by atoms with Gasteiger partial charge in [-0.05, 0) is 152 Å². The summed E-state index contributed by atoms with van der Waals surface area (Å²) in [5.74, 6) is 5.88. The maximum atomic E-state index is 12.2. The summed E-state index contributed by atoms with van der Waals surface area (Å²) in [4.78, 5) is 24.4. The van der Waals surface area contributed by atoms with Gasteiger partial charge in [0.1, 0.15) is 19.0 Å². The highest BCUT2D eigenvalue weighted by atomic mass is 16.6. The van der Waals surface area contributed by atoms with E-state index in [1.807, 2.05) is 24.3 Å². The number of nitrogen functional groups attached to an aromatic ring is 2. The van der Waals surface area contributed by atoms with E-state index in [0.717, 1.165) is 65.6 Å². The van der Waals surface area contributed by atoms with E-state index in [2.05, 4.69) is 34.6 Å². The Morgan fingerprint density at radius 2 is 1.52 bits per heavy atom. The number of rotatable bonds is 13. The highest BCUT2D eigenvalue weighted by Crippen LogP contribution is 2.68. The summed E-state index contributed by atoms with van der Waals surface area (Å²) in [7, 11) is 0. The Bertz CT molecular complexity index is 1550. The number of benzene rings is 2. The first-order valence-electron chi connectivity index (χ1n) is 20.3. The van der Waals surface area contributed by atoms with Gasteiger partial charge < -0.3 is 25.7 Å². The molecule has 4 N–H and O–H groups in total. The Labute approximate surface area is 312 Å². The molecule has 4 aliphatic rings. The number of carbonyl (C=O) groups is 2. The molecule has 7 heteroatoms. The maximum Gasteiger partial charge on any atom is 0.338 e. The molecule has 2 aromatic rings. The van der Waals surface area contributed by atoms with Crippen molar-refractivity contribution in [2.75, 3.05) is 24.7 Å². The van der Waals surface area contributed by atoms with Crippen molar-refractivity contribution in [3.05, 3.63) is 59.7 Å². The molecule has 0 aromatic heterocycles. The van der Waals surface area contributed by atoms with Gasteiger partial charge in [0.15, 0.2) is 0 Å². The van der Waals surface area contributed by atoms with Crippen LogP contribution in [0.4, 0.5) is 11.4 Å². The van der Waals surface area contributed by atoms with Crippen LogP contribution < -0.4 is 16.2 Å². The van der Waals surface area contributed by atoms with Crippen molar-refractivity contribution >= 4 is 29.4 Å². The van der Waals surface area contributed by atoms with Crippen molar-refractivity contribution in [2.45, 2.75) is 118 Å². The zero-order valence-corrected chi connectivity index (χ0v) is 32.4. The normalized spacial score (nSPS) is 31.7. The lowest BCUT2D eigenvalue weighted by atomic mass is 9.44. The number of nitrogens with two attached hydrogens (primary N) is 2. The predicted octanol–water partition coefficient (Wildman–Crippen LogP) is 10.1. The third kappa shape index (κ3) is 8.50. The Morgan fingerprint density at radius 3 is 2.25 bits per heavy atom. The molecule has 9 atom stereocenters. The van der Waals surface area contributed by atoms with E-state index in [0.29, 0.717) is 22.2 Å². The van der Waals surface area contributed by atoms with Gasteiger partial charge in [0.2, 0.25) is 0 Å². The molecular formula is C45H64N2O5. The minimum atomic E-state index is -0.575. The third-order valence-corrected chi connectivity index (χ3v) is 14.2. The third-order valence-electron chi connectivity index (χ3n) is 14.2. The van der Waals surface area contributed by atoms with Crippen molar-refractivity contribution < 1.29 is 23.8 Å². The molecule has 0 bridgehead atoms. The molecule has 284 valence electrons. The van der Waals surface area contributed by atoms with Crippen molar-refractivity contribution in [3.63, 3.8) is 0 Å². The second kappa shape index (κ2) is 16.3. The lowest BCUT2D eigenvalue weighted by Crippen LogP contribution is -2.54. The van der Waals surface area contributed by atoms with Crippen LogP contribution in [0.15, 0.2) is 48.5 Å². The quantitative estimate of drug-likeness (QED) is 0.0920. The molecule has 0 radical (unpaired) electrons. The summed E-state index contributed by atoms with van der Waals surface area (Å²) < 4.78 is 16.9. The van der Waals surface area contributed by atoms with Crippen LogP contribution in [-0.2, 0) is 14.3 Å². The number of fused-ring (bicyclic) bond motifs is 5. The van der Waals surface area contributed by atoms with E-state index >= 15 is 0 Å². The molecule has 0 saturated heterocycles. The highest BCUT2D eigenvalue weighted by molar-refractivity contribution is 5.91. The standard InChI is InChI=1S/C45H64N2O5/c1-29(2)7-6-8-30(3)39-16-17-40-38-15-12-33-27-37(19-21-44(33,4)41(38)20-22-45(39,40)5)52-36-13-9-31(10-14-36)11-18-42(48)50-23-24-51-43(49)32-25-34(46)28-35(47)26-32/h9-11,13-14,18,25-26,28-30,33,37-41H,6-8,12,15-17,19-24,27,46-47H2,1-5H3/t30-,33?,37?,38?,39-,40?,41?,44+,45-/m1/s1. The molecular weight excluding hydrogens is 649 g/mol. The predicted molar refractivity (Wildman–Crippen MR) is 209 cm³/mol. The summed E-state index contributed by atoms with van der Waals surface area (Å²) in [5.41, 5.74) is 14.4. The number of ether oxygens (including phenoxy) is 3. The minimum Gasteiger partial charge on any atom is -0.490 e. The summed E-state index contributed by atoms with van der Waals surface area (Å²) in [6, 6.07) is 12.5. The maximum absolute atomic E-state index is 12.2. The number of anilines is 2. The van der Waals surface area contributed by atoms with Gasteiger partial charge in [-0.15, -0.1) is 0 Å². The van der Waals surface area contributed by atoms with Crippen molar-refractivity contribution in [3.8, 4) is 5.75 Å². The highest BCUT2D eigenvalue weighted by Gasteiger charge is 2.60. The van der Waals surface area contributed by atoms with Gasteiger partial charge in [-0.25, -0.2) is 9.59 Å². The van der Waals surface area contributed by atoms with Gasteiger partial charge in [0, 0.05) is 17.5 Å². The Hall–Kier alpha value is -3.48. The molecule has 4 aliphatic carbocycles. The first-order chi connectivity index (χ1) is 24.9. The van der Waals surface area contributed by atoms with E-state index in [1.54, 1.807) is 12.1 Å². The van der Waals surface area contributed by atoms with Crippen LogP contribution >= 0.6 is 0 Å². The summed E-state index contributed by atoms with van der Waals surface area (Å²) in [6.45, 7) is 12.6. The summed E-state index contributed by atoms with van der Waals surface area (Å²) in [6.07, 6.45) is 19.7. The SMILES string of the molecule is CC(C)CCC[C@@H](C)[C@H]1CCC2C3CCC4CC(Oc5ccc(C=CC(=O)OCCOC(=O)c6cc(N)cc(N)c6)cc5)CC[C@]4(C)C3CC[C@@]21C. The van der Waals surface area contributed by atoms with E-state index in [1.165, 1.54) is 82.4 Å². The number of hydrogen-bond donors (Lipinski definition) is 2. The monoisotopic (exact) mass is 712 g/mol. The molecule has 2 aromatic carbocycles. The lowest BCUT2D eigenvalue weighted by molar-refractivity contribution is -0.138. The Balaban J connectivity index is 0.944. The molecule has 52 heavy (non-hydrogen) atoms. The number of esters is 2. The van der Waals surface area contributed by atoms with E-state index in [4.69, 9.17) is 25.7 Å². The topological polar surface area (TPSA) is 114 Å². The Morgan fingerprint density at radius 1 is 0.827 bits per heavy atom. The van der Waals surface area contributed by atoms with E-state index in [-0.39, 0.29) is 24.9 Å².